The molecule has 0 radical (unpaired) electrons. The predicted molar refractivity (Wildman–Crippen MR) is 173 cm³/mol. The molecule has 0 saturated carbocycles. The van der Waals surface area contributed by atoms with Crippen LogP contribution in [-0.4, -0.2) is 67.5 Å². The number of aliphatic hydroxyl groups excluding tert-OH is 1. The van der Waals surface area contributed by atoms with Crippen molar-refractivity contribution in [3.63, 3.8) is 0 Å². The third-order valence-corrected chi connectivity index (χ3v) is 10.4. The molecule has 0 saturated heterocycles. The highest BCUT2D eigenvalue weighted by atomic mass is 28.3. The lowest BCUT2D eigenvalue weighted by Crippen LogP contribution is -2.34. The van der Waals surface area contributed by atoms with Crippen molar-refractivity contribution in [2.75, 3.05) is 31.6 Å². The number of fused-ring (bicyclic) bond motifs is 1. The number of rotatable bonds is 14. The summed E-state index contributed by atoms with van der Waals surface area (Å²) < 4.78 is 14.2. The van der Waals surface area contributed by atoms with Crippen molar-refractivity contribution in [1.82, 2.24) is 19.6 Å². The Hall–Kier alpha value is -2.90. The Labute approximate surface area is 246 Å². The number of ether oxygens (including phenoxy) is 2. The lowest BCUT2D eigenvalue weighted by molar-refractivity contribution is 0.0938. The van der Waals surface area contributed by atoms with E-state index in [2.05, 4.69) is 57.5 Å². The van der Waals surface area contributed by atoms with Crippen molar-refractivity contribution < 1.29 is 14.6 Å². The molecule has 1 N–H and O–H groups in total. The molecule has 0 fully saturated rings. The highest BCUT2D eigenvalue weighted by Crippen LogP contribution is 2.31. The maximum atomic E-state index is 10.4. The van der Waals surface area contributed by atoms with Crippen LogP contribution in [0.3, 0.4) is 0 Å². The van der Waals surface area contributed by atoms with Crippen molar-refractivity contribution in [2.45, 2.75) is 64.9 Å². The maximum Gasteiger partial charge on any atom is 0.165 e. The summed E-state index contributed by atoms with van der Waals surface area (Å²) in [7, 11) is -2.47. The SMILES string of the molecule is Cc1nc2c(-c3ccc(-c4ccccc4)nc3)cnn2c(N(COCC[Si](C)(C)C)COCC[Si](C)(C)C)c1CO. The summed E-state index contributed by atoms with van der Waals surface area (Å²) in [4.78, 5) is 11.6. The Kier molecular flexibility index (Phi) is 10.1. The average Bonchev–Trinajstić information content (AvgIpc) is 3.34. The molecule has 8 nitrogen and oxygen atoms in total. The summed E-state index contributed by atoms with van der Waals surface area (Å²) in [5.74, 6) is 0.746. The molecule has 4 aromatic rings. The van der Waals surface area contributed by atoms with Gasteiger partial charge in [0, 0.05) is 63.5 Å². The van der Waals surface area contributed by atoms with Crippen LogP contribution < -0.4 is 4.90 Å². The van der Waals surface area contributed by atoms with Gasteiger partial charge >= 0.3 is 0 Å². The van der Waals surface area contributed by atoms with Gasteiger partial charge in [-0.25, -0.2) is 4.98 Å². The number of hydrogen-bond acceptors (Lipinski definition) is 7. The van der Waals surface area contributed by atoms with E-state index in [-0.39, 0.29) is 6.61 Å². The summed E-state index contributed by atoms with van der Waals surface area (Å²) in [5.41, 5.74) is 5.96. The maximum absolute atomic E-state index is 10.4. The van der Waals surface area contributed by atoms with Gasteiger partial charge in [-0.15, -0.1) is 0 Å². The molecule has 0 aliphatic rings. The quantitative estimate of drug-likeness (QED) is 0.0993. The van der Waals surface area contributed by atoms with Crippen molar-refractivity contribution in [3.05, 3.63) is 66.1 Å². The van der Waals surface area contributed by atoms with Gasteiger partial charge in [0.25, 0.3) is 0 Å². The number of aliphatic hydroxyl groups is 1. The van der Waals surface area contributed by atoms with Gasteiger partial charge in [-0.2, -0.15) is 9.61 Å². The van der Waals surface area contributed by atoms with E-state index in [1.807, 2.05) is 53.0 Å². The zero-order valence-corrected chi connectivity index (χ0v) is 27.6. The summed E-state index contributed by atoms with van der Waals surface area (Å²) >= 11 is 0. The van der Waals surface area contributed by atoms with Gasteiger partial charge < -0.3 is 19.5 Å². The Balaban J connectivity index is 1.68. The lowest BCUT2D eigenvalue weighted by Gasteiger charge is -2.28. The average molecular weight is 592 g/mol. The van der Waals surface area contributed by atoms with Gasteiger partial charge in [-0.05, 0) is 25.1 Å². The normalized spacial score (nSPS) is 12.3. The van der Waals surface area contributed by atoms with Crippen LogP contribution in [0.25, 0.3) is 28.0 Å². The number of pyridine rings is 1. The molecule has 0 unspecified atom stereocenters. The minimum atomic E-state index is -1.23. The van der Waals surface area contributed by atoms with E-state index in [0.29, 0.717) is 37.9 Å². The molecule has 4 rings (SSSR count). The Morgan fingerprint density at radius 3 is 2.00 bits per heavy atom. The Morgan fingerprint density at radius 1 is 0.829 bits per heavy atom. The predicted octanol–water partition coefficient (Wildman–Crippen LogP) is 6.69. The zero-order chi connectivity index (χ0) is 29.6. The minimum absolute atomic E-state index is 0.160. The van der Waals surface area contributed by atoms with Crippen LogP contribution in [0.5, 0.6) is 0 Å². The summed E-state index contributed by atoms with van der Waals surface area (Å²) in [6, 6.07) is 16.4. The second-order valence-electron chi connectivity index (χ2n) is 13.0. The van der Waals surface area contributed by atoms with Crippen LogP contribution in [0.4, 0.5) is 5.82 Å². The molecule has 0 bridgehead atoms. The third kappa shape index (κ3) is 8.33. The fourth-order valence-electron chi connectivity index (χ4n) is 4.43. The number of aromatic nitrogens is 4. The second kappa shape index (κ2) is 13.4. The second-order valence-corrected chi connectivity index (χ2v) is 24.2. The molecule has 0 atom stereocenters. The molecule has 0 amide bonds. The number of benzene rings is 1. The van der Waals surface area contributed by atoms with Crippen molar-refractivity contribution in [1.29, 1.82) is 0 Å². The van der Waals surface area contributed by atoms with Gasteiger partial charge in [0.2, 0.25) is 0 Å². The van der Waals surface area contributed by atoms with Crippen molar-refractivity contribution in [3.8, 4) is 22.4 Å². The van der Waals surface area contributed by atoms with E-state index < -0.39 is 16.1 Å². The molecule has 0 aliphatic carbocycles. The minimum Gasteiger partial charge on any atom is -0.391 e. The van der Waals surface area contributed by atoms with Crippen LogP contribution in [0.15, 0.2) is 54.9 Å². The van der Waals surface area contributed by atoms with Gasteiger partial charge in [-0.1, -0.05) is 75.7 Å². The molecule has 10 heteroatoms. The molecule has 1 aromatic carbocycles. The van der Waals surface area contributed by atoms with E-state index >= 15 is 0 Å². The van der Waals surface area contributed by atoms with Gasteiger partial charge in [0.1, 0.15) is 19.3 Å². The smallest absolute Gasteiger partial charge is 0.165 e. The van der Waals surface area contributed by atoms with Gasteiger partial charge in [0.15, 0.2) is 5.65 Å². The largest absolute Gasteiger partial charge is 0.391 e. The summed E-state index contributed by atoms with van der Waals surface area (Å²) in [6.07, 6.45) is 3.69. The highest BCUT2D eigenvalue weighted by molar-refractivity contribution is 6.76. The number of aryl methyl sites for hydroxylation is 1. The molecular weight excluding hydrogens is 547 g/mol. The monoisotopic (exact) mass is 591 g/mol. The number of nitrogens with zero attached hydrogens (tertiary/aromatic N) is 5. The molecular formula is C31H45N5O3Si2. The van der Waals surface area contributed by atoms with E-state index in [4.69, 9.17) is 24.5 Å². The van der Waals surface area contributed by atoms with Gasteiger partial charge in [-0.3, -0.25) is 4.98 Å². The first-order valence-electron chi connectivity index (χ1n) is 14.4. The van der Waals surface area contributed by atoms with Crippen LogP contribution in [-0.2, 0) is 16.1 Å². The van der Waals surface area contributed by atoms with Gasteiger partial charge in [0.05, 0.1) is 18.5 Å². The van der Waals surface area contributed by atoms with Crippen molar-refractivity contribution in [2.24, 2.45) is 0 Å². The molecule has 0 aliphatic heterocycles. The third-order valence-electron chi connectivity index (χ3n) is 7.01. The molecule has 220 valence electrons. The Bertz CT molecular complexity index is 1390. The van der Waals surface area contributed by atoms with Crippen LogP contribution in [0.1, 0.15) is 11.3 Å². The number of hydrogen-bond donors (Lipinski definition) is 1. The zero-order valence-electron chi connectivity index (χ0n) is 25.6. The fourth-order valence-corrected chi connectivity index (χ4v) is 5.95. The molecule has 0 spiro atoms. The molecule has 3 aromatic heterocycles. The van der Waals surface area contributed by atoms with Crippen LogP contribution in [0, 0.1) is 6.92 Å². The van der Waals surface area contributed by atoms with Crippen LogP contribution in [0.2, 0.25) is 51.4 Å². The Morgan fingerprint density at radius 2 is 1.46 bits per heavy atom. The van der Waals surface area contributed by atoms with Crippen molar-refractivity contribution >= 4 is 27.6 Å². The number of anilines is 1. The first-order chi connectivity index (χ1) is 19.5. The van der Waals surface area contributed by atoms with E-state index in [1.54, 1.807) is 0 Å². The topological polar surface area (TPSA) is 85.0 Å². The fraction of sp³-hybridized carbons (Fsp3) is 0.452. The first kappa shape index (κ1) is 31.0. The van der Waals surface area contributed by atoms with E-state index in [0.717, 1.165) is 46.0 Å². The first-order valence-corrected chi connectivity index (χ1v) is 21.8. The van der Waals surface area contributed by atoms with E-state index in [9.17, 15) is 5.11 Å². The standard InChI is InChI=1S/C31H45N5O3Si2/c1-24-28(21-37)31(35(22-38-15-17-40(2,3)4)23-39-16-18-41(5,6)7)36-30(34-24)27(20-33-36)26-13-14-29(32-19-26)25-11-9-8-10-12-25/h8-14,19-20,37H,15-18,21-23H2,1-7H3. The molecule has 41 heavy (non-hydrogen) atoms. The summed E-state index contributed by atoms with van der Waals surface area (Å²) in [6.45, 7) is 17.9. The summed E-state index contributed by atoms with van der Waals surface area (Å²) in [5, 5.41) is 15.2. The van der Waals surface area contributed by atoms with E-state index in [1.165, 1.54) is 0 Å². The lowest BCUT2D eigenvalue weighted by atomic mass is 10.1. The highest BCUT2D eigenvalue weighted by Gasteiger charge is 2.23. The van der Waals surface area contributed by atoms with Crippen LogP contribution >= 0.6 is 0 Å². The molecule has 3 heterocycles.